The quantitative estimate of drug-likeness (QED) is 0.592. The summed E-state index contributed by atoms with van der Waals surface area (Å²) in [5, 5.41) is 1.17. The van der Waals surface area contributed by atoms with Crippen LogP contribution in [0.15, 0.2) is 53.6 Å². The van der Waals surface area contributed by atoms with Crippen LogP contribution in [0, 0.1) is 6.92 Å². The van der Waals surface area contributed by atoms with Crippen LogP contribution in [-0.2, 0) is 11.2 Å². The largest absolute Gasteiger partial charge is 0.345 e. The minimum Gasteiger partial charge on any atom is -0.345 e. The third-order valence-electron chi connectivity index (χ3n) is 5.23. The number of carbonyl (C=O) groups is 1. The molecule has 0 aliphatic heterocycles. The van der Waals surface area contributed by atoms with Crippen LogP contribution in [0.3, 0.4) is 0 Å². The number of amides is 1. The summed E-state index contributed by atoms with van der Waals surface area (Å²) in [5.74, 6) is 0.805. The Morgan fingerprint density at radius 2 is 1.86 bits per heavy atom. The van der Waals surface area contributed by atoms with E-state index in [0.717, 1.165) is 18.7 Å². The fraction of sp³-hybridized carbons (Fsp3) is 0.478. The van der Waals surface area contributed by atoms with Crippen molar-refractivity contribution in [2.45, 2.75) is 54.4 Å². The highest BCUT2D eigenvalue weighted by molar-refractivity contribution is 8.04. The van der Waals surface area contributed by atoms with Crippen molar-refractivity contribution in [3.05, 3.63) is 59.9 Å². The molecule has 1 aromatic carbocycles. The number of benzene rings is 1. The first-order chi connectivity index (χ1) is 13.6. The summed E-state index contributed by atoms with van der Waals surface area (Å²) in [4.78, 5) is 20.1. The molecular weight excluding hydrogens is 384 g/mol. The summed E-state index contributed by atoms with van der Waals surface area (Å²) >= 11 is 3.85. The number of hydrogen-bond acceptors (Lipinski definition) is 4. The van der Waals surface area contributed by atoms with Crippen molar-refractivity contribution in [1.82, 2.24) is 9.88 Å². The van der Waals surface area contributed by atoms with E-state index in [1.807, 2.05) is 59.9 Å². The first-order valence-electron chi connectivity index (χ1n) is 10.1. The minimum absolute atomic E-state index is 0.227. The molecule has 1 saturated carbocycles. The molecule has 0 radical (unpaired) electrons. The first-order valence-corrected chi connectivity index (χ1v) is 12.0. The molecule has 0 spiro atoms. The zero-order valence-electron chi connectivity index (χ0n) is 16.8. The standard InChI is InChI=1S/C23H30N2OS2/c1-18-10-12-20(13-11-18)28-22-9-4-3-8-21(22)27-17-23(26)25(2)16-14-19-7-5-6-15-24-19/h5-7,10-13,15,21-22H,3-4,8-9,14,16-17H2,1-2H3/t21-,22-/m1/s1. The molecular formula is C23H30N2OS2. The Kier molecular flexibility index (Phi) is 8.28. The molecule has 5 heteroatoms. The van der Waals surface area contributed by atoms with Crippen molar-refractivity contribution < 1.29 is 4.79 Å². The molecule has 0 N–H and O–H groups in total. The third kappa shape index (κ3) is 6.56. The highest BCUT2D eigenvalue weighted by Crippen LogP contribution is 2.39. The third-order valence-corrected chi connectivity index (χ3v) is 8.22. The van der Waals surface area contributed by atoms with E-state index >= 15 is 0 Å². The zero-order chi connectivity index (χ0) is 19.8. The number of nitrogens with zero attached hydrogens (tertiary/aromatic N) is 2. The van der Waals surface area contributed by atoms with Crippen molar-refractivity contribution in [3.8, 4) is 0 Å². The number of aryl methyl sites for hydroxylation is 1. The van der Waals surface area contributed by atoms with E-state index in [4.69, 9.17) is 0 Å². The Morgan fingerprint density at radius 1 is 1.11 bits per heavy atom. The normalized spacial score (nSPS) is 19.4. The van der Waals surface area contributed by atoms with Crippen molar-refractivity contribution in [2.75, 3.05) is 19.3 Å². The summed E-state index contributed by atoms with van der Waals surface area (Å²) in [6.07, 6.45) is 7.68. The van der Waals surface area contributed by atoms with Crippen LogP contribution < -0.4 is 0 Å². The summed E-state index contributed by atoms with van der Waals surface area (Å²) in [6.45, 7) is 2.85. The molecule has 2 atom stereocenters. The van der Waals surface area contributed by atoms with Gasteiger partial charge in [-0.1, -0.05) is 36.6 Å². The van der Waals surface area contributed by atoms with Gasteiger partial charge in [-0.05, 0) is 44.0 Å². The van der Waals surface area contributed by atoms with E-state index in [1.165, 1.54) is 36.1 Å². The molecule has 0 unspecified atom stereocenters. The molecule has 0 bridgehead atoms. The monoisotopic (exact) mass is 414 g/mol. The van der Waals surface area contributed by atoms with Gasteiger partial charge >= 0.3 is 0 Å². The summed E-state index contributed by atoms with van der Waals surface area (Å²) in [6, 6.07) is 14.8. The Balaban J connectivity index is 1.46. The lowest BCUT2D eigenvalue weighted by atomic mass is 10.00. The number of aromatic nitrogens is 1. The van der Waals surface area contributed by atoms with E-state index in [1.54, 1.807) is 0 Å². The van der Waals surface area contributed by atoms with Crippen molar-refractivity contribution >= 4 is 29.4 Å². The number of thioether (sulfide) groups is 2. The minimum atomic E-state index is 0.227. The molecule has 1 aromatic heterocycles. The average Bonchev–Trinajstić information content (AvgIpc) is 2.73. The van der Waals surface area contributed by atoms with Crippen molar-refractivity contribution in [3.63, 3.8) is 0 Å². The SMILES string of the molecule is Cc1ccc(S[C@@H]2CCCC[C@H]2SCC(=O)N(C)CCc2ccccn2)cc1. The smallest absolute Gasteiger partial charge is 0.232 e. The molecule has 1 amide bonds. The maximum atomic E-state index is 12.6. The van der Waals surface area contributed by atoms with Gasteiger partial charge in [0.15, 0.2) is 0 Å². The van der Waals surface area contributed by atoms with E-state index in [2.05, 4.69) is 36.2 Å². The maximum absolute atomic E-state index is 12.6. The molecule has 28 heavy (non-hydrogen) atoms. The van der Waals surface area contributed by atoms with Gasteiger partial charge in [0.05, 0.1) is 5.75 Å². The number of likely N-dealkylation sites (N-methyl/N-ethyl adjacent to an activating group) is 1. The van der Waals surface area contributed by atoms with Crippen LogP contribution in [0.4, 0.5) is 0 Å². The van der Waals surface area contributed by atoms with Crippen LogP contribution in [0.25, 0.3) is 0 Å². The van der Waals surface area contributed by atoms with Gasteiger partial charge in [0.25, 0.3) is 0 Å². The van der Waals surface area contributed by atoms with Crippen LogP contribution in [0.2, 0.25) is 0 Å². The van der Waals surface area contributed by atoms with Gasteiger partial charge in [-0.2, -0.15) is 0 Å². The van der Waals surface area contributed by atoms with E-state index in [9.17, 15) is 4.79 Å². The van der Waals surface area contributed by atoms with Gasteiger partial charge < -0.3 is 4.90 Å². The number of rotatable bonds is 8. The van der Waals surface area contributed by atoms with E-state index < -0.39 is 0 Å². The fourth-order valence-electron chi connectivity index (χ4n) is 3.42. The molecule has 3 rings (SSSR count). The maximum Gasteiger partial charge on any atom is 0.232 e. The second-order valence-corrected chi connectivity index (χ2v) is 10.0. The average molecular weight is 415 g/mol. The predicted molar refractivity (Wildman–Crippen MR) is 121 cm³/mol. The predicted octanol–water partition coefficient (Wildman–Crippen LogP) is 5.23. The van der Waals surface area contributed by atoms with Gasteiger partial charge in [0, 0.05) is 47.3 Å². The summed E-state index contributed by atoms with van der Waals surface area (Å²) < 4.78 is 0. The van der Waals surface area contributed by atoms with Gasteiger partial charge in [0.1, 0.15) is 0 Å². The van der Waals surface area contributed by atoms with Gasteiger partial charge in [-0.15, -0.1) is 23.5 Å². The van der Waals surface area contributed by atoms with Crippen LogP contribution in [0.1, 0.15) is 36.9 Å². The first kappa shape index (κ1) is 21.3. The summed E-state index contributed by atoms with van der Waals surface area (Å²) in [5.41, 5.74) is 2.34. The highest BCUT2D eigenvalue weighted by Gasteiger charge is 2.27. The van der Waals surface area contributed by atoms with Crippen LogP contribution >= 0.6 is 23.5 Å². The Morgan fingerprint density at radius 3 is 2.57 bits per heavy atom. The lowest BCUT2D eigenvalue weighted by molar-refractivity contribution is -0.127. The van der Waals surface area contributed by atoms with Crippen LogP contribution in [0.5, 0.6) is 0 Å². The molecule has 150 valence electrons. The van der Waals surface area contributed by atoms with Gasteiger partial charge in [-0.25, -0.2) is 0 Å². The van der Waals surface area contributed by atoms with Gasteiger partial charge in [-0.3, -0.25) is 9.78 Å². The van der Waals surface area contributed by atoms with E-state index in [-0.39, 0.29) is 5.91 Å². The Bertz CT molecular complexity index is 736. The highest BCUT2D eigenvalue weighted by atomic mass is 32.2. The van der Waals surface area contributed by atoms with E-state index in [0.29, 0.717) is 16.3 Å². The van der Waals surface area contributed by atoms with Crippen molar-refractivity contribution in [1.29, 1.82) is 0 Å². The second-order valence-electron chi connectivity index (χ2n) is 7.49. The lowest BCUT2D eigenvalue weighted by Gasteiger charge is -2.31. The van der Waals surface area contributed by atoms with Crippen molar-refractivity contribution in [2.24, 2.45) is 0 Å². The zero-order valence-corrected chi connectivity index (χ0v) is 18.5. The van der Waals surface area contributed by atoms with Crippen LogP contribution in [-0.4, -0.2) is 45.6 Å². The lowest BCUT2D eigenvalue weighted by Crippen LogP contribution is -2.32. The molecule has 0 saturated heterocycles. The molecule has 1 aliphatic carbocycles. The number of pyridine rings is 1. The molecule has 1 fully saturated rings. The van der Waals surface area contributed by atoms with Gasteiger partial charge in [0.2, 0.25) is 5.91 Å². The number of hydrogen-bond donors (Lipinski definition) is 0. The Labute approximate surface area is 177 Å². The molecule has 3 nitrogen and oxygen atoms in total. The summed E-state index contributed by atoms with van der Waals surface area (Å²) in [7, 11) is 1.91. The molecule has 2 aromatic rings. The topological polar surface area (TPSA) is 33.2 Å². The fourth-order valence-corrected chi connectivity index (χ4v) is 6.30. The molecule has 1 heterocycles. The number of carbonyl (C=O) groups excluding carboxylic acids is 1. The molecule has 1 aliphatic rings. The second kappa shape index (κ2) is 10.9. The Hall–Kier alpha value is -1.46.